The molecule has 1 unspecified atom stereocenters. The van der Waals surface area contributed by atoms with Gasteiger partial charge in [-0.15, -0.1) is 0 Å². The fraction of sp³-hybridized carbons (Fsp3) is 0.533. The van der Waals surface area contributed by atoms with Crippen LogP contribution in [0.15, 0.2) is 29.2 Å². The first kappa shape index (κ1) is 16.2. The molecule has 3 N–H and O–H groups in total. The first-order valence-corrected chi connectivity index (χ1v) is 9.37. The number of carbonyl (C=O) groups is 1. The van der Waals surface area contributed by atoms with Crippen molar-refractivity contribution < 1.29 is 13.2 Å². The second-order valence-electron chi connectivity index (χ2n) is 6.04. The molecule has 23 heavy (non-hydrogen) atoms. The number of benzene rings is 1. The normalized spacial score (nSPS) is 22.4. The first-order chi connectivity index (χ1) is 10.9. The maximum absolute atomic E-state index is 12.4. The summed E-state index contributed by atoms with van der Waals surface area (Å²) in [6.07, 6.45) is 0.925. The predicted molar refractivity (Wildman–Crippen MR) is 87.6 cm³/mol. The van der Waals surface area contributed by atoms with E-state index in [1.807, 2.05) is 4.90 Å². The Morgan fingerprint density at radius 3 is 2.30 bits per heavy atom. The SMILES string of the molecule is NS(=O)(=O)c1ccc(N2CCN(C(=O)C3CCNC3)CC2)cc1. The number of rotatable bonds is 3. The summed E-state index contributed by atoms with van der Waals surface area (Å²) >= 11 is 0. The van der Waals surface area contributed by atoms with Crippen LogP contribution in [0.2, 0.25) is 0 Å². The molecule has 0 aromatic heterocycles. The van der Waals surface area contributed by atoms with Crippen molar-refractivity contribution in [3.05, 3.63) is 24.3 Å². The van der Waals surface area contributed by atoms with Gasteiger partial charge in [0.15, 0.2) is 0 Å². The van der Waals surface area contributed by atoms with Crippen LogP contribution in [0.1, 0.15) is 6.42 Å². The highest BCUT2D eigenvalue weighted by Gasteiger charge is 2.29. The van der Waals surface area contributed by atoms with Gasteiger partial charge in [0.05, 0.1) is 10.8 Å². The van der Waals surface area contributed by atoms with Crippen molar-refractivity contribution in [3.8, 4) is 0 Å². The molecule has 8 heteroatoms. The van der Waals surface area contributed by atoms with Gasteiger partial charge in [0.2, 0.25) is 15.9 Å². The number of hydrogen-bond donors (Lipinski definition) is 2. The van der Waals surface area contributed by atoms with E-state index in [1.165, 1.54) is 12.1 Å². The van der Waals surface area contributed by atoms with Gasteiger partial charge in [0, 0.05) is 38.4 Å². The highest BCUT2D eigenvalue weighted by atomic mass is 32.2. The Morgan fingerprint density at radius 1 is 1.13 bits per heavy atom. The van der Waals surface area contributed by atoms with Crippen LogP contribution >= 0.6 is 0 Å². The van der Waals surface area contributed by atoms with E-state index in [0.717, 1.165) is 38.3 Å². The van der Waals surface area contributed by atoms with E-state index in [2.05, 4.69) is 10.2 Å². The molecular weight excluding hydrogens is 316 g/mol. The Balaban J connectivity index is 1.59. The van der Waals surface area contributed by atoms with Crippen LogP contribution in [-0.4, -0.2) is 58.5 Å². The van der Waals surface area contributed by atoms with Gasteiger partial charge >= 0.3 is 0 Å². The number of nitrogens with two attached hydrogens (primary N) is 1. The fourth-order valence-electron chi connectivity index (χ4n) is 3.16. The number of nitrogens with one attached hydrogen (secondary N) is 1. The Labute approximate surface area is 136 Å². The monoisotopic (exact) mass is 338 g/mol. The lowest BCUT2D eigenvalue weighted by Crippen LogP contribution is -2.50. The van der Waals surface area contributed by atoms with Crippen molar-refractivity contribution in [1.29, 1.82) is 0 Å². The standard InChI is InChI=1S/C15H22N4O3S/c16-23(21,22)14-3-1-13(2-4-14)18-7-9-19(10-8-18)15(20)12-5-6-17-11-12/h1-4,12,17H,5-11H2,(H2,16,21,22). The summed E-state index contributed by atoms with van der Waals surface area (Å²) < 4.78 is 22.6. The van der Waals surface area contributed by atoms with Crippen molar-refractivity contribution in [3.63, 3.8) is 0 Å². The molecule has 0 radical (unpaired) electrons. The molecular formula is C15H22N4O3S. The van der Waals surface area contributed by atoms with Gasteiger partial charge in [0.1, 0.15) is 0 Å². The van der Waals surface area contributed by atoms with Gasteiger partial charge in [-0.25, -0.2) is 13.6 Å². The third-order valence-electron chi connectivity index (χ3n) is 4.53. The smallest absolute Gasteiger partial charge is 0.238 e. The fourth-order valence-corrected chi connectivity index (χ4v) is 3.67. The molecule has 1 amide bonds. The molecule has 126 valence electrons. The topological polar surface area (TPSA) is 95.7 Å². The molecule has 2 aliphatic rings. The lowest BCUT2D eigenvalue weighted by atomic mass is 10.1. The molecule has 0 bridgehead atoms. The molecule has 1 aromatic rings. The molecule has 2 fully saturated rings. The molecule has 0 aliphatic carbocycles. The van der Waals surface area contributed by atoms with E-state index in [9.17, 15) is 13.2 Å². The van der Waals surface area contributed by atoms with Crippen LogP contribution in [0.25, 0.3) is 0 Å². The van der Waals surface area contributed by atoms with Gasteiger partial charge in [-0.05, 0) is 37.2 Å². The quantitative estimate of drug-likeness (QED) is 0.781. The second kappa shape index (κ2) is 6.46. The number of piperazine rings is 1. The molecule has 2 saturated heterocycles. The van der Waals surface area contributed by atoms with Gasteiger partial charge in [-0.1, -0.05) is 0 Å². The largest absolute Gasteiger partial charge is 0.368 e. The van der Waals surface area contributed by atoms with Crippen molar-refractivity contribution in [2.24, 2.45) is 11.1 Å². The van der Waals surface area contributed by atoms with Gasteiger partial charge in [-0.2, -0.15) is 0 Å². The minimum absolute atomic E-state index is 0.115. The average Bonchev–Trinajstić information content (AvgIpc) is 3.08. The summed E-state index contributed by atoms with van der Waals surface area (Å²) in [4.78, 5) is 16.6. The summed E-state index contributed by atoms with van der Waals surface area (Å²) in [6.45, 7) is 4.61. The molecule has 1 atom stereocenters. The van der Waals surface area contributed by atoms with E-state index < -0.39 is 10.0 Å². The summed E-state index contributed by atoms with van der Waals surface area (Å²) in [5.74, 6) is 0.370. The lowest BCUT2D eigenvalue weighted by molar-refractivity contribution is -0.135. The number of hydrogen-bond acceptors (Lipinski definition) is 5. The highest BCUT2D eigenvalue weighted by molar-refractivity contribution is 7.89. The lowest BCUT2D eigenvalue weighted by Gasteiger charge is -2.37. The maximum Gasteiger partial charge on any atom is 0.238 e. The van der Waals surface area contributed by atoms with E-state index in [-0.39, 0.29) is 16.7 Å². The molecule has 0 saturated carbocycles. The van der Waals surface area contributed by atoms with Crippen LogP contribution in [0, 0.1) is 5.92 Å². The third kappa shape index (κ3) is 3.65. The van der Waals surface area contributed by atoms with Crippen molar-refractivity contribution >= 4 is 21.6 Å². The van der Waals surface area contributed by atoms with Crippen LogP contribution in [-0.2, 0) is 14.8 Å². The summed E-state index contributed by atoms with van der Waals surface area (Å²) in [7, 11) is -3.66. The summed E-state index contributed by atoms with van der Waals surface area (Å²) in [5.41, 5.74) is 0.951. The maximum atomic E-state index is 12.4. The summed E-state index contributed by atoms with van der Waals surface area (Å²) in [6, 6.07) is 6.56. The zero-order chi connectivity index (χ0) is 16.4. The van der Waals surface area contributed by atoms with Crippen LogP contribution in [0.5, 0.6) is 0 Å². The predicted octanol–water partition coefficient (Wildman–Crippen LogP) is -0.408. The van der Waals surface area contributed by atoms with Crippen molar-refractivity contribution in [2.75, 3.05) is 44.2 Å². The van der Waals surface area contributed by atoms with Crippen LogP contribution in [0.4, 0.5) is 5.69 Å². The van der Waals surface area contributed by atoms with Crippen molar-refractivity contribution in [1.82, 2.24) is 10.2 Å². The number of carbonyl (C=O) groups excluding carboxylic acids is 1. The van der Waals surface area contributed by atoms with Gasteiger partial charge in [-0.3, -0.25) is 4.79 Å². The number of anilines is 1. The van der Waals surface area contributed by atoms with Gasteiger partial charge < -0.3 is 15.1 Å². The van der Waals surface area contributed by atoms with Gasteiger partial charge in [0.25, 0.3) is 0 Å². The minimum Gasteiger partial charge on any atom is -0.368 e. The number of primary sulfonamides is 1. The Morgan fingerprint density at radius 2 is 1.78 bits per heavy atom. The van der Waals surface area contributed by atoms with E-state index >= 15 is 0 Å². The zero-order valence-corrected chi connectivity index (χ0v) is 13.8. The molecule has 3 rings (SSSR count). The molecule has 0 spiro atoms. The molecule has 7 nitrogen and oxygen atoms in total. The number of nitrogens with zero attached hydrogens (tertiary/aromatic N) is 2. The highest BCUT2D eigenvalue weighted by Crippen LogP contribution is 2.20. The Hall–Kier alpha value is -1.64. The van der Waals surface area contributed by atoms with E-state index in [4.69, 9.17) is 5.14 Å². The average molecular weight is 338 g/mol. The summed E-state index contributed by atoms with van der Waals surface area (Å²) in [5, 5.41) is 8.33. The van der Waals surface area contributed by atoms with E-state index in [0.29, 0.717) is 13.1 Å². The molecule has 2 aliphatic heterocycles. The minimum atomic E-state index is -3.66. The van der Waals surface area contributed by atoms with Crippen LogP contribution in [0.3, 0.4) is 0 Å². The number of sulfonamides is 1. The van der Waals surface area contributed by atoms with Crippen molar-refractivity contribution in [2.45, 2.75) is 11.3 Å². The molecule has 2 heterocycles. The molecule has 1 aromatic carbocycles. The Bertz CT molecular complexity index is 660. The number of amides is 1. The Kier molecular flexibility index (Phi) is 4.56. The van der Waals surface area contributed by atoms with E-state index in [1.54, 1.807) is 12.1 Å². The third-order valence-corrected chi connectivity index (χ3v) is 5.46. The first-order valence-electron chi connectivity index (χ1n) is 7.82. The zero-order valence-electron chi connectivity index (χ0n) is 12.9. The second-order valence-corrected chi connectivity index (χ2v) is 7.60. The van der Waals surface area contributed by atoms with Crippen LogP contribution < -0.4 is 15.4 Å².